The minimum absolute atomic E-state index is 0.470. The largest absolute Gasteiger partial charge is 0.310 e. The first-order chi connectivity index (χ1) is 10.3. The van der Waals surface area contributed by atoms with Crippen LogP contribution in [0.1, 0.15) is 61.0 Å². The summed E-state index contributed by atoms with van der Waals surface area (Å²) in [6, 6.07) is 13.9. The Morgan fingerprint density at radius 2 is 2.00 bits per heavy atom. The maximum absolute atomic E-state index is 4.61. The molecule has 1 aliphatic rings. The Bertz CT molecular complexity index is 589. The van der Waals surface area contributed by atoms with Gasteiger partial charge in [-0.1, -0.05) is 44.2 Å². The quantitative estimate of drug-likeness (QED) is 0.887. The molecule has 0 amide bonds. The molecule has 0 radical (unpaired) electrons. The van der Waals surface area contributed by atoms with E-state index in [9.17, 15) is 0 Å². The van der Waals surface area contributed by atoms with E-state index in [1.807, 2.05) is 12.3 Å². The molecule has 1 heterocycles. The van der Waals surface area contributed by atoms with E-state index >= 15 is 0 Å². The third kappa shape index (κ3) is 2.86. The van der Waals surface area contributed by atoms with Gasteiger partial charge in [0, 0.05) is 18.2 Å². The van der Waals surface area contributed by atoms with Gasteiger partial charge in [0.2, 0.25) is 0 Å². The van der Waals surface area contributed by atoms with E-state index in [0.29, 0.717) is 12.0 Å². The van der Waals surface area contributed by atoms with Crippen LogP contribution in [0.2, 0.25) is 0 Å². The number of nitrogens with one attached hydrogen (secondary N) is 1. The van der Waals surface area contributed by atoms with Crippen LogP contribution in [0.15, 0.2) is 42.6 Å². The smallest absolute Gasteiger partial charge is 0.0510 e. The highest BCUT2D eigenvalue weighted by Gasteiger charge is 2.24. The fourth-order valence-electron chi connectivity index (χ4n) is 3.44. The van der Waals surface area contributed by atoms with Crippen molar-refractivity contribution in [1.82, 2.24) is 10.3 Å². The maximum Gasteiger partial charge on any atom is 0.0510 e. The highest BCUT2D eigenvalue weighted by Crippen LogP contribution is 2.36. The van der Waals surface area contributed by atoms with Gasteiger partial charge in [-0.2, -0.15) is 0 Å². The highest BCUT2D eigenvalue weighted by molar-refractivity contribution is 5.39. The summed E-state index contributed by atoms with van der Waals surface area (Å²) in [5, 5.41) is 3.54. The molecule has 1 aromatic heterocycles. The molecule has 21 heavy (non-hydrogen) atoms. The zero-order valence-electron chi connectivity index (χ0n) is 13.0. The summed E-state index contributed by atoms with van der Waals surface area (Å²) in [4.78, 5) is 4.61. The van der Waals surface area contributed by atoms with Crippen molar-refractivity contribution in [1.29, 1.82) is 0 Å². The molecule has 0 saturated heterocycles. The molecule has 2 atom stereocenters. The lowest BCUT2D eigenvalue weighted by Gasteiger charge is -2.18. The van der Waals surface area contributed by atoms with E-state index < -0.39 is 0 Å². The Morgan fingerprint density at radius 1 is 1.19 bits per heavy atom. The fraction of sp³-hybridized carbons (Fsp3) is 0.421. The van der Waals surface area contributed by atoms with E-state index in [4.69, 9.17) is 0 Å². The van der Waals surface area contributed by atoms with Crippen molar-refractivity contribution in [2.24, 2.45) is 0 Å². The molecule has 2 aromatic rings. The predicted octanol–water partition coefficient (Wildman–Crippen LogP) is 4.22. The number of rotatable bonds is 5. The van der Waals surface area contributed by atoms with Crippen LogP contribution in [0.4, 0.5) is 0 Å². The van der Waals surface area contributed by atoms with Crippen LogP contribution in [-0.4, -0.2) is 11.5 Å². The van der Waals surface area contributed by atoms with Gasteiger partial charge < -0.3 is 5.32 Å². The van der Waals surface area contributed by atoms with Gasteiger partial charge in [-0.25, -0.2) is 0 Å². The molecule has 110 valence electrons. The van der Waals surface area contributed by atoms with Gasteiger partial charge >= 0.3 is 0 Å². The zero-order valence-corrected chi connectivity index (χ0v) is 13.0. The predicted molar refractivity (Wildman–Crippen MR) is 87.6 cm³/mol. The van der Waals surface area contributed by atoms with Crippen molar-refractivity contribution in [2.45, 2.75) is 45.1 Å². The molecule has 0 aliphatic heterocycles. The van der Waals surface area contributed by atoms with E-state index in [0.717, 1.165) is 19.4 Å². The molecule has 3 rings (SSSR count). The summed E-state index contributed by atoms with van der Waals surface area (Å²) in [6.45, 7) is 5.41. The lowest BCUT2D eigenvalue weighted by molar-refractivity contribution is 0.537. The van der Waals surface area contributed by atoms with Crippen LogP contribution in [0.3, 0.4) is 0 Å². The topological polar surface area (TPSA) is 24.9 Å². The molecule has 0 fully saturated rings. The first kappa shape index (κ1) is 14.3. The van der Waals surface area contributed by atoms with Gasteiger partial charge in [0.15, 0.2) is 0 Å². The van der Waals surface area contributed by atoms with Crippen LogP contribution < -0.4 is 5.32 Å². The number of aromatic nitrogens is 1. The summed E-state index contributed by atoms with van der Waals surface area (Å²) in [5.74, 6) is 0.481. The van der Waals surface area contributed by atoms with Gasteiger partial charge in [-0.05, 0) is 48.6 Å². The molecule has 0 saturated carbocycles. The minimum atomic E-state index is 0.470. The lowest BCUT2D eigenvalue weighted by Crippen LogP contribution is -2.20. The van der Waals surface area contributed by atoms with Crippen LogP contribution >= 0.6 is 0 Å². The lowest BCUT2D eigenvalue weighted by atomic mass is 9.94. The zero-order chi connectivity index (χ0) is 14.7. The minimum Gasteiger partial charge on any atom is -0.310 e. The molecule has 2 unspecified atom stereocenters. The molecular weight excluding hydrogens is 256 g/mol. The van der Waals surface area contributed by atoms with E-state index in [-0.39, 0.29) is 0 Å². The van der Waals surface area contributed by atoms with Crippen LogP contribution in [0, 0.1) is 0 Å². The highest BCUT2D eigenvalue weighted by atomic mass is 14.9. The molecule has 0 bridgehead atoms. The van der Waals surface area contributed by atoms with Crippen LogP contribution in [0.25, 0.3) is 0 Å². The van der Waals surface area contributed by atoms with Crippen molar-refractivity contribution in [2.75, 3.05) is 6.54 Å². The first-order valence-electron chi connectivity index (χ1n) is 8.10. The number of pyridine rings is 1. The molecule has 1 aliphatic carbocycles. The number of benzene rings is 1. The van der Waals surface area contributed by atoms with E-state index in [1.165, 1.54) is 28.8 Å². The summed E-state index contributed by atoms with van der Waals surface area (Å²) in [5.41, 5.74) is 5.50. The van der Waals surface area contributed by atoms with E-state index in [2.05, 4.69) is 54.5 Å². The maximum atomic E-state index is 4.61. The van der Waals surface area contributed by atoms with Crippen LogP contribution in [-0.2, 0) is 6.42 Å². The number of nitrogens with zero attached hydrogens (tertiary/aromatic N) is 1. The van der Waals surface area contributed by atoms with E-state index in [1.54, 1.807) is 0 Å². The number of fused-ring (bicyclic) bond motifs is 1. The standard InChI is InChI=1S/C19H24N2/c1-3-18(20-4-2)15-9-7-14(8-10-15)17-12-11-16-6-5-13-21-19(16)17/h5-10,13,17-18,20H,3-4,11-12H2,1-2H3. The Hall–Kier alpha value is -1.67. The SMILES string of the molecule is CCNC(CC)c1ccc(C2CCc3cccnc32)cc1. The summed E-state index contributed by atoms with van der Waals surface area (Å²) in [6.07, 6.45) is 5.39. The van der Waals surface area contributed by atoms with Crippen molar-refractivity contribution in [3.63, 3.8) is 0 Å². The van der Waals surface area contributed by atoms with Gasteiger partial charge in [0.05, 0.1) is 5.69 Å². The van der Waals surface area contributed by atoms with Crippen molar-refractivity contribution in [3.8, 4) is 0 Å². The van der Waals surface area contributed by atoms with Gasteiger partial charge in [0.1, 0.15) is 0 Å². The Morgan fingerprint density at radius 3 is 2.71 bits per heavy atom. The molecule has 1 N–H and O–H groups in total. The second-order valence-electron chi connectivity index (χ2n) is 5.82. The number of hydrogen-bond donors (Lipinski definition) is 1. The monoisotopic (exact) mass is 280 g/mol. The normalized spacial score (nSPS) is 18.5. The Balaban J connectivity index is 1.82. The Labute approximate surface area is 127 Å². The number of aryl methyl sites for hydroxylation is 1. The van der Waals surface area contributed by atoms with Gasteiger partial charge in [0.25, 0.3) is 0 Å². The summed E-state index contributed by atoms with van der Waals surface area (Å²) < 4.78 is 0. The Kier molecular flexibility index (Phi) is 4.35. The third-order valence-electron chi connectivity index (χ3n) is 4.56. The van der Waals surface area contributed by atoms with Crippen molar-refractivity contribution in [3.05, 3.63) is 65.0 Å². The second-order valence-corrected chi connectivity index (χ2v) is 5.82. The number of hydrogen-bond acceptors (Lipinski definition) is 2. The molecule has 1 aromatic carbocycles. The average Bonchev–Trinajstić information content (AvgIpc) is 2.97. The fourth-order valence-corrected chi connectivity index (χ4v) is 3.44. The van der Waals surface area contributed by atoms with Gasteiger partial charge in [-0.15, -0.1) is 0 Å². The summed E-state index contributed by atoms with van der Waals surface area (Å²) >= 11 is 0. The van der Waals surface area contributed by atoms with Crippen LogP contribution in [0.5, 0.6) is 0 Å². The van der Waals surface area contributed by atoms with Crippen molar-refractivity contribution < 1.29 is 0 Å². The molecule has 2 nitrogen and oxygen atoms in total. The second kappa shape index (κ2) is 6.40. The summed E-state index contributed by atoms with van der Waals surface area (Å²) in [7, 11) is 0. The first-order valence-corrected chi connectivity index (χ1v) is 8.10. The molecule has 0 spiro atoms. The molecular formula is C19H24N2. The van der Waals surface area contributed by atoms with Crippen molar-refractivity contribution >= 4 is 0 Å². The average molecular weight is 280 g/mol. The van der Waals surface area contributed by atoms with Gasteiger partial charge in [-0.3, -0.25) is 4.98 Å². The third-order valence-corrected chi connectivity index (χ3v) is 4.56. The molecule has 2 heteroatoms.